The van der Waals surface area contributed by atoms with Gasteiger partial charge in [0.05, 0.1) is 18.4 Å². The Morgan fingerprint density at radius 1 is 1.30 bits per heavy atom. The van der Waals surface area contributed by atoms with Crippen molar-refractivity contribution in [1.29, 1.82) is 0 Å². The monoisotopic (exact) mass is 284 g/mol. The van der Waals surface area contributed by atoms with Crippen LogP contribution in [0.1, 0.15) is 23.0 Å². The van der Waals surface area contributed by atoms with Crippen LogP contribution in [0.2, 0.25) is 0 Å². The summed E-state index contributed by atoms with van der Waals surface area (Å²) < 4.78 is 43.7. The van der Waals surface area contributed by atoms with Gasteiger partial charge < -0.3 is 4.74 Å². The molecule has 1 aromatic heterocycles. The number of benzene rings is 1. The molecule has 2 aromatic rings. The van der Waals surface area contributed by atoms with Gasteiger partial charge in [-0.25, -0.2) is 4.68 Å². The van der Waals surface area contributed by atoms with Gasteiger partial charge in [-0.1, -0.05) is 6.07 Å². The Morgan fingerprint density at radius 3 is 2.50 bits per heavy atom. The zero-order chi connectivity index (χ0) is 14.9. The SMILES string of the molecule is COc1cccc(-n2ccc(C(F)(F)F)n2)c1C(C)=O. The van der Waals surface area contributed by atoms with Crippen molar-refractivity contribution in [2.75, 3.05) is 7.11 Å². The maximum atomic E-state index is 12.6. The molecule has 0 aliphatic carbocycles. The van der Waals surface area contributed by atoms with E-state index in [9.17, 15) is 18.0 Å². The normalized spacial score (nSPS) is 11.4. The van der Waals surface area contributed by atoms with Crippen molar-refractivity contribution in [3.63, 3.8) is 0 Å². The van der Waals surface area contributed by atoms with Crippen molar-refractivity contribution < 1.29 is 22.7 Å². The van der Waals surface area contributed by atoms with E-state index in [-0.39, 0.29) is 17.0 Å². The minimum absolute atomic E-state index is 0.187. The maximum absolute atomic E-state index is 12.6. The maximum Gasteiger partial charge on any atom is 0.435 e. The fraction of sp³-hybridized carbons (Fsp3) is 0.231. The van der Waals surface area contributed by atoms with Gasteiger partial charge in [0.25, 0.3) is 0 Å². The van der Waals surface area contributed by atoms with E-state index in [1.807, 2.05) is 0 Å². The quantitative estimate of drug-likeness (QED) is 0.813. The van der Waals surface area contributed by atoms with Gasteiger partial charge in [-0.3, -0.25) is 4.79 Å². The third-order valence-corrected chi connectivity index (χ3v) is 2.70. The lowest BCUT2D eigenvalue weighted by atomic mass is 10.1. The summed E-state index contributed by atoms with van der Waals surface area (Å²) in [6.45, 7) is 1.32. The summed E-state index contributed by atoms with van der Waals surface area (Å²) in [5, 5.41) is 3.45. The first-order valence-electron chi connectivity index (χ1n) is 5.65. The van der Waals surface area contributed by atoms with Crippen LogP contribution in [0.15, 0.2) is 30.5 Å². The minimum Gasteiger partial charge on any atom is -0.496 e. The number of alkyl halides is 3. The second kappa shape index (κ2) is 4.99. The number of ketones is 1. The molecular weight excluding hydrogens is 273 g/mol. The molecule has 0 amide bonds. The summed E-state index contributed by atoms with van der Waals surface area (Å²) >= 11 is 0. The van der Waals surface area contributed by atoms with Crippen LogP contribution in [-0.2, 0) is 6.18 Å². The number of hydrogen-bond donors (Lipinski definition) is 0. The standard InChI is InChI=1S/C13H11F3N2O2/c1-8(19)12-9(4-3-5-10(12)20-2)18-7-6-11(17-18)13(14,15)16/h3-7H,1-2H3. The summed E-state index contributed by atoms with van der Waals surface area (Å²) in [4.78, 5) is 11.7. The summed E-state index contributed by atoms with van der Waals surface area (Å²) in [6, 6.07) is 5.50. The molecule has 4 nitrogen and oxygen atoms in total. The number of hydrogen-bond acceptors (Lipinski definition) is 3. The molecule has 0 spiro atoms. The third-order valence-electron chi connectivity index (χ3n) is 2.70. The Morgan fingerprint density at radius 2 is 2.00 bits per heavy atom. The van der Waals surface area contributed by atoms with Crippen LogP contribution in [0.4, 0.5) is 13.2 Å². The number of nitrogens with zero attached hydrogens (tertiary/aromatic N) is 2. The second-order valence-electron chi connectivity index (χ2n) is 4.05. The summed E-state index contributed by atoms with van der Waals surface area (Å²) in [7, 11) is 1.38. The fourth-order valence-corrected chi connectivity index (χ4v) is 1.84. The number of Topliss-reactive ketones (excluding diaryl/α,β-unsaturated/α-hetero) is 1. The van der Waals surface area contributed by atoms with Crippen molar-refractivity contribution in [1.82, 2.24) is 9.78 Å². The van der Waals surface area contributed by atoms with E-state index >= 15 is 0 Å². The van der Waals surface area contributed by atoms with Crippen LogP contribution in [0, 0.1) is 0 Å². The highest BCUT2D eigenvalue weighted by molar-refractivity contribution is 6.00. The predicted molar refractivity (Wildman–Crippen MR) is 65.1 cm³/mol. The van der Waals surface area contributed by atoms with E-state index in [4.69, 9.17) is 4.74 Å². The van der Waals surface area contributed by atoms with E-state index < -0.39 is 11.9 Å². The zero-order valence-corrected chi connectivity index (χ0v) is 10.7. The fourth-order valence-electron chi connectivity index (χ4n) is 1.84. The number of aromatic nitrogens is 2. The molecule has 0 aliphatic rings. The summed E-state index contributed by atoms with van der Waals surface area (Å²) in [5.74, 6) is -0.0273. The molecular formula is C13H11F3N2O2. The van der Waals surface area contributed by atoms with Crippen molar-refractivity contribution in [3.05, 3.63) is 41.7 Å². The number of rotatable bonds is 3. The first kappa shape index (κ1) is 14.1. The molecule has 0 radical (unpaired) electrons. The van der Waals surface area contributed by atoms with E-state index in [1.165, 1.54) is 20.1 Å². The molecule has 7 heteroatoms. The second-order valence-corrected chi connectivity index (χ2v) is 4.05. The topological polar surface area (TPSA) is 44.1 Å². The highest BCUT2D eigenvalue weighted by atomic mass is 19.4. The third kappa shape index (κ3) is 2.52. The molecule has 2 rings (SSSR count). The van der Waals surface area contributed by atoms with Gasteiger partial charge in [0, 0.05) is 6.20 Å². The number of halogens is 3. The largest absolute Gasteiger partial charge is 0.496 e. The summed E-state index contributed by atoms with van der Waals surface area (Å²) in [5.41, 5.74) is -0.589. The smallest absolute Gasteiger partial charge is 0.435 e. The molecule has 0 unspecified atom stereocenters. The highest BCUT2D eigenvalue weighted by Crippen LogP contribution is 2.30. The molecule has 0 N–H and O–H groups in total. The molecule has 0 aliphatic heterocycles. The lowest BCUT2D eigenvalue weighted by Gasteiger charge is -2.11. The van der Waals surface area contributed by atoms with Crippen LogP contribution < -0.4 is 4.74 Å². The van der Waals surface area contributed by atoms with Crippen LogP contribution >= 0.6 is 0 Å². The van der Waals surface area contributed by atoms with Gasteiger partial charge >= 0.3 is 6.18 Å². The van der Waals surface area contributed by atoms with E-state index in [2.05, 4.69) is 5.10 Å². The molecule has 0 saturated carbocycles. The van der Waals surface area contributed by atoms with E-state index in [0.717, 1.165) is 16.9 Å². The number of carbonyl (C=O) groups is 1. The van der Waals surface area contributed by atoms with Crippen molar-refractivity contribution in [2.45, 2.75) is 13.1 Å². The average Bonchev–Trinajstić information content (AvgIpc) is 2.86. The van der Waals surface area contributed by atoms with Crippen LogP contribution in [0.3, 0.4) is 0 Å². The van der Waals surface area contributed by atoms with E-state index in [0.29, 0.717) is 5.75 Å². The molecule has 1 aromatic carbocycles. The Bertz CT molecular complexity index is 647. The average molecular weight is 284 g/mol. The Labute approximate surface area is 112 Å². The van der Waals surface area contributed by atoms with Gasteiger partial charge in [0.1, 0.15) is 5.75 Å². The summed E-state index contributed by atoms with van der Waals surface area (Å²) in [6.07, 6.45) is -3.37. The molecule has 0 saturated heterocycles. The van der Waals surface area contributed by atoms with Gasteiger partial charge in [-0.15, -0.1) is 0 Å². The molecule has 1 heterocycles. The van der Waals surface area contributed by atoms with Gasteiger partial charge in [0.15, 0.2) is 11.5 Å². The van der Waals surface area contributed by atoms with Crippen molar-refractivity contribution in [2.24, 2.45) is 0 Å². The van der Waals surface area contributed by atoms with Crippen molar-refractivity contribution in [3.8, 4) is 11.4 Å². The van der Waals surface area contributed by atoms with Gasteiger partial charge in [-0.05, 0) is 25.1 Å². The van der Waals surface area contributed by atoms with E-state index in [1.54, 1.807) is 12.1 Å². The van der Waals surface area contributed by atoms with Crippen LogP contribution in [0.25, 0.3) is 5.69 Å². The Kier molecular flexibility index (Phi) is 3.52. The first-order chi connectivity index (χ1) is 9.34. The zero-order valence-electron chi connectivity index (χ0n) is 10.7. The molecule has 0 atom stereocenters. The van der Waals surface area contributed by atoms with Gasteiger partial charge in [-0.2, -0.15) is 18.3 Å². The number of ether oxygens (including phenoxy) is 1. The molecule has 0 bridgehead atoms. The molecule has 106 valence electrons. The van der Waals surface area contributed by atoms with Crippen LogP contribution in [-0.4, -0.2) is 22.7 Å². The van der Waals surface area contributed by atoms with Crippen LogP contribution in [0.5, 0.6) is 5.75 Å². The van der Waals surface area contributed by atoms with Crippen molar-refractivity contribution >= 4 is 5.78 Å². The number of carbonyl (C=O) groups excluding carboxylic acids is 1. The molecule has 20 heavy (non-hydrogen) atoms. The first-order valence-corrected chi connectivity index (χ1v) is 5.65. The van der Waals surface area contributed by atoms with Gasteiger partial charge in [0.2, 0.25) is 0 Å². The highest BCUT2D eigenvalue weighted by Gasteiger charge is 2.34. The molecule has 0 fully saturated rings. The Balaban J connectivity index is 2.58. The Hall–Kier alpha value is -2.31. The predicted octanol–water partition coefficient (Wildman–Crippen LogP) is 3.10. The lowest BCUT2D eigenvalue weighted by molar-refractivity contribution is -0.141. The number of methoxy groups -OCH3 is 1. The minimum atomic E-state index is -4.53. The lowest BCUT2D eigenvalue weighted by Crippen LogP contribution is -2.09.